The molecule has 3 rings (SSSR count). The number of fused-ring (bicyclic) bond motifs is 2. The van der Waals surface area contributed by atoms with E-state index in [4.69, 9.17) is 4.74 Å². The average Bonchev–Trinajstić information content (AvgIpc) is 2.30. The number of nitrogens with zero attached hydrogens (tertiary/aromatic N) is 2. The predicted molar refractivity (Wildman–Crippen MR) is 63.6 cm³/mol. The van der Waals surface area contributed by atoms with Crippen LogP contribution in [-0.2, 0) is 4.74 Å². The third kappa shape index (κ3) is 1.78. The van der Waals surface area contributed by atoms with Crippen LogP contribution in [0.4, 0.5) is 0 Å². The second kappa shape index (κ2) is 4.26. The lowest BCUT2D eigenvalue weighted by Gasteiger charge is -2.56. The molecule has 0 amide bonds. The molecular formula is C12H23N3O. The number of hydrogen-bond donors (Lipinski definition) is 1. The number of ether oxygens (including phenoxy) is 1. The molecule has 2 unspecified atom stereocenters. The zero-order valence-corrected chi connectivity index (χ0v) is 10.2. The molecule has 3 fully saturated rings. The number of hydrogen-bond acceptors (Lipinski definition) is 4. The third-order valence-electron chi connectivity index (χ3n) is 4.43. The van der Waals surface area contributed by atoms with E-state index >= 15 is 0 Å². The summed E-state index contributed by atoms with van der Waals surface area (Å²) < 4.78 is 5.74. The van der Waals surface area contributed by atoms with Crippen molar-refractivity contribution in [2.75, 3.05) is 53.0 Å². The van der Waals surface area contributed by atoms with Crippen molar-refractivity contribution in [3.8, 4) is 0 Å². The van der Waals surface area contributed by atoms with Crippen LogP contribution < -0.4 is 5.32 Å². The van der Waals surface area contributed by atoms with Gasteiger partial charge in [0.2, 0.25) is 0 Å². The molecule has 3 saturated heterocycles. The minimum atomic E-state index is 0.308. The first kappa shape index (κ1) is 11.0. The van der Waals surface area contributed by atoms with Crippen molar-refractivity contribution in [3.63, 3.8) is 0 Å². The Balaban J connectivity index is 1.78. The quantitative estimate of drug-likeness (QED) is 0.615. The lowest BCUT2D eigenvalue weighted by Crippen LogP contribution is -2.72. The molecule has 0 saturated carbocycles. The second-order valence-corrected chi connectivity index (χ2v) is 5.62. The zero-order valence-electron chi connectivity index (χ0n) is 10.2. The highest BCUT2D eigenvalue weighted by Gasteiger charge is 2.45. The SMILES string of the molecule is CN1CCN2C(CNCC23CCCOC3)C1. The maximum atomic E-state index is 5.74. The molecule has 3 aliphatic rings. The van der Waals surface area contributed by atoms with E-state index < -0.39 is 0 Å². The van der Waals surface area contributed by atoms with Gasteiger partial charge in [-0.25, -0.2) is 0 Å². The van der Waals surface area contributed by atoms with Crippen molar-refractivity contribution < 1.29 is 4.74 Å². The molecule has 0 aromatic heterocycles. The van der Waals surface area contributed by atoms with Gasteiger partial charge in [0.1, 0.15) is 0 Å². The van der Waals surface area contributed by atoms with Gasteiger partial charge in [-0.05, 0) is 19.9 Å². The second-order valence-electron chi connectivity index (χ2n) is 5.62. The maximum absolute atomic E-state index is 5.74. The first-order valence-electron chi connectivity index (χ1n) is 6.54. The van der Waals surface area contributed by atoms with Crippen LogP contribution in [0.3, 0.4) is 0 Å². The highest BCUT2D eigenvalue weighted by molar-refractivity contribution is 5.03. The van der Waals surface area contributed by atoms with Crippen LogP contribution in [-0.4, -0.2) is 74.4 Å². The van der Waals surface area contributed by atoms with Crippen LogP contribution in [0.1, 0.15) is 12.8 Å². The van der Waals surface area contributed by atoms with E-state index in [1.165, 1.54) is 32.5 Å². The van der Waals surface area contributed by atoms with E-state index in [1.807, 2.05) is 0 Å². The van der Waals surface area contributed by atoms with Crippen LogP contribution in [0.5, 0.6) is 0 Å². The Labute approximate surface area is 97.9 Å². The average molecular weight is 225 g/mol. The van der Waals surface area contributed by atoms with Crippen LogP contribution in [0.15, 0.2) is 0 Å². The Hall–Kier alpha value is -0.160. The fraction of sp³-hybridized carbons (Fsp3) is 1.00. The summed E-state index contributed by atoms with van der Waals surface area (Å²) in [7, 11) is 2.23. The largest absolute Gasteiger partial charge is 0.379 e. The number of piperazine rings is 2. The lowest BCUT2D eigenvalue weighted by molar-refractivity contribution is -0.101. The first-order chi connectivity index (χ1) is 7.80. The molecule has 4 heteroatoms. The molecule has 0 aromatic rings. The molecule has 0 aromatic carbocycles. The Morgan fingerprint density at radius 3 is 3.12 bits per heavy atom. The van der Waals surface area contributed by atoms with Gasteiger partial charge in [0.15, 0.2) is 0 Å². The van der Waals surface area contributed by atoms with Gasteiger partial charge in [0.25, 0.3) is 0 Å². The topological polar surface area (TPSA) is 27.7 Å². The fourth-order valence-corrected chi connectivity index (χ4v) is 3.59. The van der Waals surface area contributed by atoms with Gasteiger partial charge in [0, 0.05) is 45.4 Å². The summed E-state index contributed by atoms with van der Waals surface area (Å²) in [6.07, 6.45) is 2.53. The smallest absolute Gasteiger partial charge is 0.0663 e. The van der Waals surface area contributed by atoms with Crippen LogP contribution >= 0.6 is 0 Å². The summed E-state index contributed by atoms with van der Waals surface area (Å²) >= 11 is 0. The van der Waals surface area contributed by atoms with Crippen LogP contribution in [0, 0.1) is 0 Å². The lowest BCUT2D eigenvalue weighted by atomic mass is 9.85. The molecular weight excluding hydrogens is 202 g/mol. The van der Waals surface area contributed by atoms with E-state index in [-0.39, 0.29) is 0 Å². The van der Waals surface area contributed by atoms with Crippen molar-refractivity contribution >= 4 is 0 Å². The number of rotatable bonds is 0. The van der Waals surface area contributed by atoms with Crippen molar-refractivity contribution in [2.45, 2.75) is 24.4 Å². The zero-order chi connectivity index (χ0) is 11.0. The summed E-state index contributed by atoms with van der Waals surface area (Å²) in [5, 5.41) is 3.62. The van der Waals surface area contributed by atoms with E-state index in [0.29, 0.717) is 11.6 Å². The molecule has 92 valence electrons. The molecule has 0 radical (unpaired) electrons. The van der Waals surface area contributed by atoms with E-state index in [0.717, 1.165) is 26.3 Å². The molecule has 0 aliphatic carbocycles. The molecule has 0 bridgehead atoms. The monoisotopic (exact) mass is 225 g/mol. The number of nitrogens with one attached hydrogen (secondary N) is 1. The fourth-order valence-electron chi connectivity index (χ4n) is 3.59. The number of likely N-dealkylation sites (N-methyl/N-ethyl adjacent to an activating group) is 1. The Morgan fingerprint density at radius 2 is 2.31 bits per heavy atom. The Morgan fingerprint density at radius 1 is 1.38 bits per heavy atom. The minimum absolute atomic E-state index is 0.308. The normalized spacial score (nSPS) is 42.2. The van der Waals surface area contributed by atoms with Crippen molar-refractivity contribution in [1.82, 2.24) is 15.1 Å². The van der Waals surface area contributed by atoms with Gasteiger partial charge in [-0.1, -0.05) is 0 Å². The highest BCUT2D eigenvalue weighted by Crippen LogP contribution is 2.31. The molecule has 3 aliphatic heterocycles. The van der Waals surface area contributed by atoms with Crippen LogP contribution in [0.2, 0.25) is 0 Å². The predicted octanol–water partition coefficient (Wildman–Crippen LogP) is -0.245. The minimum Gasteiger partial charge on any atom is -0.379 e. The Bertz CT molecular complexity index is 247. The van der Waals surface area contributed by atoms with E-state index in [9.17, 15) is 0 Å². The molecule has 1 N–H and O–H groups in total. The van der Waals surface area contributed by atoms with Crippen molar-refractivity contribution in [3.05, 3.63) is 0 Å². The van der Waals surface area contributed by atoms with Crippen molar-refractivity contribution in [1.29, 1.82) is 0 Å². The van der Waals surface area contributed by atoms with Gasteiger partial charge in [-0.15, -0.1) is 0 Å². The van der Waals surface area contributed by atoms with Gasteiger partial charge in [-0.3, -0.25) is 4.90 Å². The highest BCUT2D eigenvalue weighted by atomic mass is 16.5. The van der Waals surface area contributed by atoms with E-state index in [1.54, 1.807) is 0 Å². The van der Waals surface area contributed by atoms with Gasteiger partial charge in [-0.2, -0.15) is 0 Å². The molecule has 4 nitrogen and oxygen atoms in total. The summed E-state index contributed by atoms with van der Waals surface area (Å²) in [5.41, 5.74) is 0.308. The maximum Gasteiger partial charge on any atom is 0.0663 e. The van der Waals surface area contributed by atoms with Crippen molar-refractivity contribution in [2.24, 2.45) is 0 Å². The van der Waals surface area contributed by atoms with Crippen LogP contribution in [0.25, 0.3) is 0 Å². The molecule has 2 atom stereocenters. The Kier molecular flexibility index (Phi) is 2.92. The molecule has 16 heavy (non-hydrogen) atoms. The summed E-state index contributed by atoms with van der Waals surface area (Å²) in [6.45, 7) is 7.78. The third-order valence-corrected chi connectivity index (χ3v) is 4.43. The standard InChI is InChI=1S/C12H23N3O/c1-14-4-5-15-11(8-14)7-13-9-12(15)3-2-6-16-10-12/h11,13H,2-10H2,1H3. The summed E-state index contributed by atoms with van der Waals surface area (Å²) in [5.74, 6) is 0. The van der Waals surface area contributed by atoms with E-state index in [2.05, 4.69) is 22.2 Å². The van der Waals surface area contributed by atoms with Gasteiger partial charge in [0.05, 0.1) is 12.1 Å². The van der Waals surface area contributed by atoms with Gasteiger partial charge >= 0.3 is 0 Å². The molecule has 1 spiro atoms. The molecule has 3 heterocycles. The summed E-state index contributed by atoms with van der Waals surface area (Å²) in [6, 6.07) is 0.689. The van der Waals surface area contributed by atoms with Gasteiger partial charge < -0.3 is 15.0 Å². The first-order valence-corrected chi connectivity index (χ1v) is 6.54. The summed E-state index contributed by atoms with van der Waals surface area (Å²) in [4.78, 5) is 5.19.